The van der Waals surface area contributed by atoms with Crippen LogP contribution >= 0.6 is 0 Å². The van der Waals surface area contributed by atoms with Gasteiger partial charge in [-0.3, -0.25) is 4.90 Å². The van der Waals surface area contributed by atoms with Crippen molar-refractivity contribution in [3.8, 4) is 0 Å². The summed E-state index contributed by atoms with van der Waals surface area (Å²) >= 11 is 0. The van der Waals surface area contributed by atoms with Gasteiger partial charge in [-0.05, 0) is 51.0 Å². The molecule has 1 aromatic carbocycles. The van der Waals surface area contributed by atoms with Crippen LogP contribution in [-0.4, -0.2) is 31.1 Å². The van der Waals surface area contributed by atoms with Gasteiger partial charge < -0.3 is 5.32 Å². The van der Waals surface area contributed by atoms with Crippen molar-refractivity contribution in [2.75, 3.05) is 20.1 Å². The van der Waals surface area contributed by atoms with E-state index in [0.29, 0.717) is 6.04 Å². The van der Waals surface area contributed by atoms with Crippen molar-refractivity contribution in [1.82, 2.24) is 10.2 Å². The van der Waals surface area contributed by atoms with E-state index in [1.54, 1.807) is 12.1 Å². The molecule has 0 amide bonds. The maximum Gasteiger partial charge on any atom is 0.263 e. The van der Waals surface area contributed by atoms with Crippen LogP contribution in [0, 0.1) is 0 Å². The highest BCUT2D eigenvalue weighted by Crippen LogP contribution is 2.24. The van der Waals surface area contributed by atoms with Gasteiger partial charge in [0.15, 0.2) is 0 Å². The molecule has 0 saturated carbocycles. The summed E-state index contributed by atoms with van der Waals surface area (Å²) in [6.07, 6.45) is 2.46. The van der Waals surface area contributed by atoms with E-state index in [2.05, 4.69) is 10.2 Å². The average Bonchev–Trinajstić information content (AvgIpc) is 2.46. The first kappa shape index (κ1) is 15.4. The molecular weight excluding hydrogens is 258 g/mol. The number of nitrogens with zero attached hydrogens (tertiary/aromatic N) is 1. The zero-order valence-electron chi connectivity index (χ0n) is 12.1. The SMILES string of the molecule is CNCCC1CCCCN1Cc1cccc(C(F)F)c1. The van der Waals surface area contributed by atoms with E-state index in [1.807, 2.05) is 13.1 Å². The number of rotatable bonds is 6. The molecule has 112 valence electrons. The highest BCUT2D eigenvalue weighted by molar-refractivity contribution is 5.24. The minimum Gasteiger partial charge on any atom is -0.320 e. The lowest BCUT2D eigenvalue weighted by molar-refractivity contribution is 0.131. The molecule has 0 aliphatic carbocycles. The molecule has 2 nitrogen and oxygen atoms in total. The highest BCUT2D eigenvalue weighted by atomic mass is 19.3. The Bertz CT molecular complexity index is 409. The topological polar surface area (TPSA) is 15.3 Å². The molecule has 1 saturated heterocycles. The fourth-order valence-corrected chi connectivity index (χ4v) is 2.97. The van der Waals surface area contributed by atoms with Gasteiger partial charge in [0, 0.05) is 18.2 Å². The zero-order valence-corrected chi connectivity index (χ0v) is 12.1. The van der Waals surface area contributed by atoms with Gasteiger partial charge in [0.25, 0.3) is 6.43 Å². The lowest BCUT2D eigenvalue weighted by Crippen LogP contribution is -2.40. The number of hydrogen-bond donors (Lipinski definition) is 1. The first-order valence-electron chi connectivity index (χ1n) is 7.46. The monoisotopic (exact) mass is 282 g/mol. The predicted octanol–water partition coefficient (Wildman–Crippen LogP) is 3.59. The second kappa shape index (κ2) is 7.70. The third-order valence-corrected chi connectivity index (χ3v) is 4.07. The Morgan fingerprint density at radius 2 is 2.20 bits per heavy atom. The van der Waals surface area contributed by atoms with E-state index < -0.39 is 6.43 Å². The molecule has 20 heavy (non-hydrogen) atoms. The van der Waals surface area contributed by atoms with E-state index in [4.69, 9.17) is 0 Å². The summed E-state index contributed by atoms with van der Waals surface area (Å²) in [7, 11) is 1.97. The van der Waals surface area contributed by atoms with E-state index in [9.17, 15) is 8.78 Å². The van der Waals surface area contributed by atoms with Crippen LogP contribution in [0.4, 0.5) is 8.78 Å². The van der Waals surface area contributed by atoms with E-state index in [1.165, 1.54) is 25.3 Å². The molecule has 1 fully saturated rings. The third-order valence-electron chi connectivity index (χ3n) is 4.07. The van der Waals surface area contributed by atoms with Gasteiger partial charge in [-0.1, -0.05) is 24.6 Å². The fourth-order valence-electron chi connectivity index (χ4n) is 2.97. The van der Waals surface area contributed by atoms with Gasteiger partial charge in [0.1, 0.15) is 0 Å². The number of piperidine rings is 1. The predicted molar refractivity (Wildman–Crippen MR) is 78.0 cm³/mol. The Hall–Kier alpha value is -1.00. The van der Waals surface area contributed by atoms with Crippen molar-refractivity contribution in [2.24, 2.45) is 0 Å². The molecule has 2 rings (SSSR count). The van der Waals surface area contributed by atoms with Crippen LogP contribution in [-0.2, 0) is 6.54 Å². The van der Waals surface area contributed by atoms with Crippen LogP contribution in [0.2, 0.25) is 0 Å². The van der Waals surface area contributed by atoms with E-state index >= 15 is 0 Å². The second-order valence-corrected chi connectivity index (χ2v) is 5.56. The minimum absolute atomic E-state index is 0.131. The van der Waals surface area contributed by atoms with Gasteiger partial charge in [0.2, 0.25) is 0 Å². The molecule has 0 spiro atoms. The Morgan fingerprint density at radius 1 is 1.35 bits per heavy atom. The maximum atomic E-state index is 12.7. The lowest BCUT2D eigenvalue weighted by Gasteiger charge is -2.36. The smallest absolute Gasteiger partial charge is 0.263 e. The van der Waals surface area contributed by atoms with Gasteiger partial charge >= 0.3 is 0 Å². The van der Waals surface area contributed by atoms with Crippen molar-refractivity contribution in [3.05, 3.63) is 35.4 Å². The first-order valence-corrected chi connectivity index (χ1v) is 7.46. The van der Waals surface area contributed by atoms with E-state index in [0.717, 1.165) is 31.6 Å². The molecule has 0 aromatic heterocycles. The standard InChI is InChI=1S/C16H24F2N2/c1-19-9-8-15-7-2-3-10-20(15)12-13-5-4-6-14(11-13)16(17)18/h4-6,11,15-16,19H,2-3,7-10,12H2,1H3. The Morgan fingerprint density at radius 3 is 2.95 bits per heavy atom. The maximum absolute atomic E-state index is 12.7. The quantitative estimate of drug-likeness (QED) is 0.858. The summed E-state index contributed by atoms with van der Waals surface area (Å²) in [4.78, 5) is 2.45. The Kier molecular flexibility index (Phi) is 5.92. The summed E-state index contributed by atoms with van der Waals surface area (Å²) < 4.78 is 25.5. The molecule has 4 heteroatoms. The minimum atomic E-state index is -2.38. The molecule has 1 aliphatic heterocycles. The van der Waals surface area contributed by atoms with Gasteiger partial charge in [0.05, 0.1) is 0 Å². The highest BCUT2D eigenvalue weighted by Gasteiger charge is 2.22. The molecule has 1 unspecified atom stereocenters. The zero-order chi connectivity index (χ0) is 14.4. The van der Waals surface area contributed by atoms with Crippen molar-refractivity contribution in [3.63, 3.8) is 0 Å². The number of benzene rings is 1. The van der Waals surface area contributed by atoms with Gasteiger partial charge in [-0.15, -0.1) is 0 Å². The molecule has 1 aliphatic rings. The Labute approximate surface area is 120 Å². The lowest BCUT2D eigenvalue weighted by atomic mass is 9.98. The number of hydrogen-bond acceptors (Lipinski definition) is 2. The average molecular weight is 282 g/mol. The first-order chi connectivity index (χ1) is 9.70. The molecule has 0 radical (unpaired) electrons. The summed E-state index contributed by atoms with van der Waals surface area (Å²) in [5.74, 6) is 0. The third kappa shape index (κ3) is 4.25. The van der Waals surface area contributed by atoms with Crippen LogP contribution in [0.25, 0.3) is 0 Å². The summed E-state index contributed by atoms with van der Waals surface area (Å²) in [6, 6.07) is 7.42. The van der Waals surface area contributed by atoms with Crippen molar-refractivity contribution in [1.29, 1.82) is 0 Å². The number of halogens is 2. The van der Waals surface area contributed by atoms with Crippen LogP contribution in [0.15, 0.2) is 24.3 Å². The summed E-state index contributed by atoms with van der Waals surface area (Å²) in [5.41, 5.74) is 1.13. The number of alkyl halides is 2. The van der Waals surface area contributed by atoms with E-state index in [-0.39, 0.29) is 5.56 Å². The van der Waals surface area contributed by atoms with Crippen LogP contribution in [0.1, 0.15) is 43.2 Å². The van der Waals surface area contributed by atoms with Gasteiger partial charge in [-0.25, -0.2) is 8.78 Å². The van der Waals surface area contributed by atoms with Crippen LogP contribution < -0.4 is 5.32 Å². The van der Waals surface area contributed by atoms with Crippen molar-refractivity contribution < 1.29 is 8.78 Å². The molecular formula is C16H24F2N2. The summed E-state index contributed by atoms with van der Waals surface area (Å²) in [5, 5.41) is 3.20. The van der Waals surface area contributed by atoms with Crippen molar-refractivity contribution >= 4 is 0 Å². The van der Waals surface area contributed by atoms with Crippen molar-refractivity contribution in [2.45, 2.75) is 44.7 Å². The molecule has 1 N–H and O–H groups in total. The second-order valence-electron chi connectivity index (χ2n) is 5.56. The molecule has 1 atom stereocenters. The molecule has 1 aromatic rings. The van der Waals surface area contributed by atoms with Gasteiger partial charge in [-0.2, -0.15) is 0 Å². The van der Waals surface area contributed by atoms with Crippen LogP contribution in [0.5, 0.6) is 0 Å². The van der Waals surface area contributed by atoms with Crippen LogP contribution in [0.3, 0.4) is 0 Å². The normalized spacial score (nSPS) is 20.5. The fraction of sp³-hybridized carbons (Fsp3) is 0.625. The number of nitrogens with one attached hydrogen (secondary N) is 1. The Balaban J connectivity index is 2.00. The molecule has 1 heterocycles. The summed E-state index contributed by atoms with van der Waals surface area (Å²) in [6.45, 7) is 2.88. The largest absolute Gasteiger partial charge is 0.320 e. The molecule has 0 bridgehead atoms. The number of likely N-dealkylation sites (tertiary alicyclic amines) is 1.